The summed E-state index contributed by atoms with van der Waals surface area (Å²) in [6, 6.07) is 8.51. The van der Waals surface area contributed by atoms with E-state index in [2.05, 4.69) is 4.72 Å². The fourth-order valence-corrected chi connectivity index (χ4v) is 5.02. The number of sulfonamides is 1. The van der Waals surface area contributed by atoms with Gasteiger partial charge < -0.3 is 9.47 Å². The number of aromatic nitrogens is 1. The average Bonchev–Trinajstić information content (AvgIpc) is 2.68. The zero-order valence-electron chi connectivity index (χ0n) is 17.0. The molecule has 1 amide bonds. The molecule has 3 rings (SSSR count). The summed E-state index contributed by atoms with van der Waals surface area (Å²) in [5.74, 6) is -0.112. The molecule has 1 N–H and O–H groups in total. The molecule has 0 spiro atoms. The molecule has 156 valence electrons. The molecule has 0 unspecified atom stereocenters. The first-order chi connectivity index (χ1) is 13.7. The maximum absolute atomic E-state index is 12.6. The van der Waals surface area contributed by atoms with E-state index in [1.165, 1.54) is 4.57 Å². The number of benzene rings is 1. The Labute approximate surface area is 171 Å². The third kappa shape index (κ3) is 4.76. The number of hydrogen-bond acceptors (Lipinski definition) is 4. The van der Waals surface area contributed by atoms with Crippen molar-refractivity contribution in [3.63, 3.8) is 0 Å². The van der Waals surface area contributed by atoms with Crippen molar-refractivity contribution < 1.29 is 13.2 Å². The van der Waals surface area contributed by atoms with Crippen molar-refractivity contribution in [1.29, 1.82) is 0 Å². The topological polar surface area (TPSA) is 88.5 Å². The maximum Gasteiger partial charge on any atom is 0.263 e. The zero-order chi connectivity index (χ0) is 21.2. The number of rotatable bonds is 5. The second-order valence-corrected chi connectivity index (χ2v) is 9.43. The molecule has 0 aliphatic carbocycles. The average molecular weight is 418 g/mol. The fourth-order valence-electron chi connectivity index (χ4n) is 3.68. The molecule has 2 heterocycles. The first-order valence-electron chi connectivity index (χ1n) is 9.71. The molecule has 8 heteroatoms. The molecular weight excluding hydrogens is 390 g/mol. The quantitative estimate of drug-likeness (QED) is 0.804. The van der Waals surface area contributed by atoms with Crippen LogP contribution in [-0.4, -0.2) is 43.4 Å². The van der Waals surface area contributed by atoms with E-state index in [9.17, 15) is 18.0 Å². The first kappa shape index (κ1) is 21.3. The first-order valence-corrected chi connectivity index (χ1v) is 11.2. The summed E-state index contributed by atoms with van der Waals surface area (Å²) in [5, 5.41) is 0. The van der Waals surface area contributed by atoms with E-state index < -0.39 is 10.0 Å². The Hall–Kier alpha value is -2.45. The maximum atomic E-state index is 12.6. The number of aryl methyl sites for hydroxylation is 3. The number of nitrogens with zero attached hydrogens (tertiary/aromatic N) is 2. The number of nitrogens with one attached hydrogen (secondary N) is 1. The van der Waals surface area contributed by atoms with E-state index in [1.54, 1.807) is 49.3 Å². The third-order valence-electron chi connectivity index (χ3n) is 5.44. The molecule has 7 nitrogen and oxygen atoms in total. The van der Waals surface area contributed by atoms with Gasteiger partial charge in [-0.2, -0.15) is 0 Å². The van der Waals surface area contributed by atoms with Crippen LogP contribution in [0.15, 0.2) is 46.2 Å². The number of hydrogen-bond donors (Lipinski definition) is 1. The summed E-state index contributed by atoms with van der Waals surface area (Å²) < 4.78 is 29.3. The van der Waals surface area contributed by atoms with Crippen LogP contribution in [0.25, 0.3) is 0 Å². The van der Waals surface area contributed by atoms with Crippen LogP contribution in [0.1, 0.15) is 34.3 Å². The summed E-state index contributed by atoms with van der Waals surface area (Å²) in [7, 11) is -1.95. The monoisotopic (exact) mass is 417 g/mol. The molecule has 1 saturated heterocycles. The van der Waals surface area contributed by atoms with Crippen molar-refractivity contribution >= 4 is 15.9 Å². The van der Waals surface area contributed by atoms with Gasteiger partial charge in [-0.1, -0.05) is 17.7 Å². The summed E-state index contributed by atoms with van der Waals surface area (Å²) >= 11 is 0. The number of pyridine rings is 1. The largest absolute Gasteiger partial charge is 0.338 e. The molecule has 29 heavy (non-hydrogen) atoms. The van der Waals surface area contributed by atoms with E-state index >= 15 is 0 Å². The highest BCUT2D eigenvalue weighted by atomic mass is 32.2. The van der Waals surface area contributed by atoms with Crippen molar-refractivity contribution in [1.82, 2.24) is 14.2 Å². The lowest BCUT2D eigenvalue weighted by molar-refractivity contribution is 0.0689. The van der Waals surface area contributed by atoms with Gasteiger partial charge >= 0.3 is 0 Å². The summed E-state index contributed by atoms with van der Waals surface area (Å²) in [6.45, 7) is 5.07. The van der Waals surface area contributed by atoms with Crippen LogP contribution in [0.4, 0.5) is 0 Å². The smallest absolute Gasteiger partial charge is 0.263 e. The van der Waals surface area contributed by atoms with Crippen molar-refractivity contribution in [3.8, 4) is 0 Å². The minimum absolute atomic E-state index is 0.151. The van der Waals surface area contributed by atoms with E-state index in [1.807, 2.05) is 13.0 Å². The number of likely N-dealkylation sites (tertiary alicyclic amines) is 1. The Morgan fingerprint density at radius 1 is 1.17 bits per heavy atom. The number of carbonyl (C=O) groups excluding carboxylic acids is 1. The van der Waals surface area contributed by atoms with Gasteiger partial charge in [-0.15, -0.1) is 0 Å². The SMILES string of the molecule is Cc1ccc(S(=O)(=O)NCC2CCN(C(=O)c3cccn(C)c3=O)CC2)c(C)c1. The lowest BCUT2D eigenvalue weighted by Gasteiger charge is -2.32. The van der Waals surface area contributed by atoms with Crippen LogP contribution < -0.4 is 10.3 Å². The van der Waals surface area contributed by atoms with E-state index in [4.69, 9.17) is 0 Å². The Morgan fingerprint density at radius 2 is 1.86 bits per heavy atom. The summed E-state index contributed by atoms with van der Waals surface area (Å²) in [5.41, 5.74) is 1.61. The Bertz CT molecular complexity index is 1070. The predicted molar refractivity (Wildman–Crippen MR) is 111 cm³/mol. The standard InChI is InChI=1S/C21H27N3O4S/c1-15-6-7-19(16(2)13-15)29(27,28)22-14-17-8-11-24(12-9-17)21(26)18-5-4-10-23(3)20(18)25/h4-7,10,13,17,22H,8-9,11-12,14H2,1-3H3. The van der Waals surface area contributed by atoms with Crippen LogP contribution in [0.2, 0.25) is 0 Å². The molecule has 0 atom stereocenters. The highest BCUT2D eigenvalue weighted by molar-refractivity contribution is 7.89. The highest BCUT2D eigenvalue weighted by Crippen LogP contribution is 2.20. The fraction of sp³-hybridized carbons (Fsp3) is 0.429. The van der Waals surface area contributed by atoms with Crippen LogP contribution in [0.3, 0.4) is 0 Å². The molecule has 1 aliphatic heterocycles. The summed E-state index contributed by atoms with van der Waals surface area (Å²) in [4.78, 5) is 26.8. The molecule has 1 aromatic heterocycles. The van der Waals surface area contributed by atoms with Crippen LogP contribution >= 0.6 is 0 Å². The number of carbonyl (C=O) groups is 1. The van der Waals surface area contributed by atoms with Gasteiger partial charge in [0, 0.05) is 32.9 Å². The lowest BCUT2D eigenvalue weighted by atomic mass is 9.97. The molecule has 1 aliphatic rings. The van der Waals surface area contributed by atoms with E-state index in [0.29, 0.717) is 37.4 Å². The van der Waals surface area contributed by atoms with Crippen molar-refractivity contribution in [2.45, 2.75) is 31.6 Å². The van der Waals surface area contributed by atoms with E-state index in [-0.39, 0.29) is 22.9 Å². The third-order valence-corrected chi connectivity index (χ3v) is 7.02. The molecule has 1 fully saturated rings. The number of piperidine rings is 1. The normalized spacial score (nSPS) is 15.5. The van der Waals surface area contributed by atoms with Gasteiger partial charge in [-0.25, -0.2) is 13.1 Å². The molecule has 0 bridgehead atoms. The van der Waals surface area contributed by atoms with Crippen molar-refractivity contribution in [2.24, 2.45) is 13.0 Å². The van der Waals surface area contributed by atoms with Gasteiger partial charge in [0.25, 0.3) is 11.5 Å². The Kier molecular flexibility index (Phi) is 6.24. The van der Waals surface area contributed by atoms with Gasteiger partial charge in [0.2, 0.25) is 10.0 Å². The van der Waals surface area contributed by atoms with Gasteiger partial charge in [0.15, 0.2) is 0 Å². The van der Waals surface area contributed by atoms with Crippen LogP contribution in [0, 0.1) is 19.8 Å². The number of amides is 1. The van der Waals surface area contributed by atoms with Gasteiger partial charge in [0.05, 0.1) is 4.90 Å². The Balaban J connectivity index is 1.58. The van der Waals surface area contributed by atoms with Gasteiger partial charge in [-0.05, 0) is 56.4 Å². The van der Waals surface area contributed by atoms with E-state index in [0.717, 1.165) is 11.1 Å². The Morgan fingerprint density at radius 3 is 2.52 bits per heavy atom. The second-order valence-electron chi connectivity index (χ2n) is 7.69. The van der Waals surface area contributed by atoms with Gasteiger partial charge in [0.1, 0.15) is 5.56 Å². The molecule has 0 radical (unpaired) electrons. The van der Waals surface area contributed by atoms with Gasteiger partial charge in [-0.3, -0.25) is 9.59 Å². The predicted octanol–water partition coefficient (Wildman–Crippen LogP) is 1.83. The summed E-state index contributed by atoms with van der Waals surface area (Å²) in [6.07, 6.45) is 3.00. The molecule has 1 aromatic carbocycles. The highest BCUT2D eigenvalue weighted by Gasteiger charge is 2.26. The molecule has 2 aromatic rings. The minimum atomic E-state index is -3.56. The molecule has 0 saturated carbocycles. The second kappa shape index (κ2) is 8.51. The van der Waals surface area contributed by atoms with Crippen molar-refractivity contribution in [2.75, 3.05) is 19.6 Å². The zero-order valence-corrected chi connectivity index (χ0v) is 17.8. The van der Waals surface area contributed by atoms with Crippen LogP contribution in [0.5, 0.6) is 0 Å². The van der Waals surface area contributed by atoms with Crippen LogP contribution in [-0.2, 0) is 17.1 Å². The molecular formula is C21H27N3O4S. The lowest BCUT2D eigenvalue weighted by Crippen LogP contribution is -2.43. The minimum Gasteiger partial charge on any atom is -0.338 e. The van der Waals surface area contributed by atoms with Crippen molar-refractivity contribution in [3.05, 3.63) is 63.6 Å².